The molecule has 0 saturated heterocycles. The van der Waals surface area contributed by atoms with Crippen LogP contribution < -0.4 is 14.8 Å². The average molecular weight is 445 g/mol. The average Bonchev–Trinajstić information content (AvgIpc) is 3.05. The Bertz CT molecular complexity index is 926. The molecule has 2 N–H and O–H groups in total. The molecule has 0 unspecified atom stereocenters. The van der Waals surface area contributed by atoms with E-state index < -0.39 is 15.9 Å². The van der Waals surface area contributed by atoms with Gasteiger partial charge in [-0.15, -0.1) is 10.2 Å². The fourth-order valence-electron chi connectivity index (χ4n) is 2.09. The first-order valence-corrected chi connectivity index (χ1v) is 11.9. The second kappa shape index (κ2) is 9.57. The highest BCUT2D eigenvalue weighted by molar-refractivity contribution is 8.01. The van der Waals surface area contributed by atoms with E-state index >= 15 is 0 Å². The Morgan fingerprint density at radius 1 is 1.25 bits per heavy atom. The molecule has 8 nitrogen and oxygen atoms in total. The quantitative estimate of drug-likeness (QED) is 0.571. The highest BCUT2D eigenvalue weighted by Gasteiger charge is 2.22. The van der Waals surface area contributed by atoms with Crippen molar-refractivity contribution in [1.82, 2.24) is 15.5 Å². The van der Waals surface area contributed by atoms with Crippen LogP contribution in [0.5, 0.6) is 5.75 Å². The Kier molecular flexibility index (Phi) is 7.67. The van der Waals surface area contributed by atoms with Crippen LogP contribution in [0.25, 0.3) is 0 Å². The molecule has 0 fully saturated rings. The number of sulfonamides is 1. The molecule has 1 amide bonds. The molecule has 1 heterocycles. The van der Waals surface area contributed by atoms with Gasteiger partial charge in [-0.25, -0.2) is 8.42 Å². The molecule has 0 saturated carbocycles. The molecule has 0 bridgehead atoms. The Balaban J connectivity index is 2.24. The van der Waals surface area contributed by atoms with E-state index in [2.05, 4.69) is 34.1 Å². The number of carbonyl (C=O) groups excluding carboxylic acids is 1. The summed E-state index contributed by atoms with van der Waals surface area (Å²) in [5.74, 6) is 1.24. The van der Waals surface area contributed by atoms with Gasteiger partial charge in [0.2, 0.25) is 5.13 Å². The fraction of sp³-hybridized carbons (Fsp3) is 0.471. The van der Waals surface area contributed by atoms with E-state index in [1.165, 1.54) is 48.4 Å². The van der Waals surface area contributed by atoms with E-state index in [0.717, 1.165) is 5.75 Å². The van der Waals surface area contributed by atoms with Crippen molar-refractivity contribution in [2.75, 3.05) is 17.6 Å². The van der Waals surface area contributed by atoms with Crippen molar-refractivity contribution < 1.29 is 17.9 Å². The molecule has 11 heteroatoms. The summed E-state index contributed by atoms with van der Waals surface area (Å²) >= 11 is 2.70. The van der Waals surface area contributed by atoms with E-state index in [1.54, 1.807) is 0 Å². The fourth-order valence-corrected chi connectivity index (χ4v) is 5.08. The molecule has 0 aliphatic carbocycles. The summed E-state index contributed by atoms with van der Waals surface area (Å²) in [6.45, 7) is 7.82. The molecule has 0 aliphatic rings. The standard InChI is InChI=1S/C17H24N4O4S3/c1-10(2)9-26-17-20-19-16(27-17)21-28(23,24)12-6-7-14(25-5)13(8-12)15(22)18-11(3)4/h6-8,10-11H,9H2,1-5H3,(H,18,22)(H,19,21). The van der Waals surface area contributed by atoms with Gasteiger partial charge in [-0.1, -0.05) is 36.9 Å². The lowest BCUT2D eigenvalue weighted by atomic mass is 10.2. The number of amides is 1. The summed E-state index contributed by atoms with van der Waals surface area (Å²) < 4.78 is 33.7. The molecule has 2 rings (SSSR count). The van der Waals surface area contributed by atoms with Gasteiger partial charge in [0.1, 0.15) is 5.75 Å². The molecule has 0 spiro atoms. The summed E-state index contributed by atoms with van der Waals surface area (Å²) in [6.07, 6.45) is 0. The van der Waals surface area contributed by atoms with Crippen molar-refractivity contribution in [1.29, 1.82) is 0 Å². The van der Waals surface area contributed by atoms with Gasteiger partial charge in [-0.3, -0.25) is 9.52 Å². The zero-order valence-electron chi connectivity index (χ0n) is 16.3. The minimum Gasteiger partial charge on any atom is -0.496 e. The number of anilines is 1. The maximum Gasteiger partial charge on any atom is 0.263 e. The van der Waals surface area contributed by atoms with Crippen LogP contribution in [0.1, 0.15) is 38.1 Å². The van der Waals surface area contributed by atoms with Gasteiger partial charge >= 0.3 is 0 Å². The number of thioether (sulfide) groups is 1. The number of nitrogens with zero attached hydrogens (tertiary/aromatic N) is 2. The van der Waals surface area contributed by atoms with Crippen LogP contribution in [-0.4, -0.2) is 43.4 Å². The van der Waals surface area contributed by atoms with E-state index in [-0.39, 0.29) is 21.6 Å². The number of ether oxygens (including phenoxy) is 1. The third-order valence-corrected chi connectivity index (χ3v) is 7.18. The van der Waals surface area contributed by atoms with Crippen LogP contribution in [0, 0.1) is 5.92 Å². The van der Waals surface area contributed by atoms with E-state index in [1.807, 2.05) is 13.8 Å². The van der Waals surface area contributed by atoms with Crippen molar-refractivity contribution in [2.45, 2.75) is 43.0 Å². The molecular formula is C17H24N4O4S3. The lowest BCUT2D eigenvalue weighted by Gasteiger charge is -2.13. The van der Waals surface area contributed by atoms with Gasteiger partial charge in [-0.2, -0.15) is 0 Å². The molecule has 0 aliphatic heterocycles. The van der Waals surface area contributed by atoms with Crippen LogP contribution in [0.15, 0.2) is 27.4 Å². The predicted octanol–water partition coefficient (Wildman–Crippen LogP) is 3.23. The number of carbonyl (C=O) groups is 1. The molecule has 1 aromatic heterocycles. The predicted molar refractivity (Wildman–Crippen MR) is 112 cm³/mol. The Morgan fingerprint density at radius 2 is 1.96 bits per heavy atom. The first kappa shape index (κ1) is 22.4. The van der Waals surface area contributed by atoms with Gasteiger partial charge in [0.05, 0.1) is 17.6 Å². The lowest BCUT2D eigenvalue weighted by molar-refractivity contribution is 0.0940. The number of benzene rings is 1. The number of hydrogen-bond donors (Lipinski definition) is 2. The summed E-state index contributed by atoms with van der Waals surface area (Å²) in [4.78, 5) is 12.3. The smallest absolute Gasteiger partial charge is 0.263 e. The van der Waals surface area contributed by atoms with E-state index in [9.17, 15) is 13.2 Å². The van der Waals surface area contributed by atoms with Crippen molar-refractivity contribution in [3.05, 3.63) is 23.8 Å². The van der Waals surface area contributed by atoms with Crippen LogP contribution in [0.2, 0.25) is 0 Å². The second-order valence-corrected chi connectivity index (χ2v) is 10.6. The SMILES string of the molecule is COc1ccc(S(=O)(=O)Nc2nnc(SCC(C)C)s2)cc1C(=O)NC(C)C. The first-order chi connectivity index (χ1) is 13.1. The molecule has 0 atom stereocenters. The maximum atomic E-state index is 12.7. The zero-order chi connectivity index (χ0) is 20.9. The van der Waals surface area contributed by atoms with Crippen LogP contribution in [0.3, 0.4) is 0 Å². The normalized spacial score (nSPS) is 11.7. The summed E-state index contributed by atoms with van der Waals surface area (Å²) in [6, 6.07) is 4.02. The lowest BCUT2D eigenvalue weighted by Crippen LogP contribution is -2.30. The van der Waals surface area contributed by atoms with Gasteiger partial charge in [0.15, 0.2) is 4.34 Å². The zero-order valence-corrected chi connectivity index (χ0v) is 18.8. The number of rotatable bonds is 9. The summed E-state index contributed by atoms with van der Waals surface area (Å²) in [5.41, 5.74) is 0.143. The maximum absolute atomic E-state index is 12.7. The van der Waals surface area contributed by atoms with Crippen molar-refractivity contribution in [2.24, 2.45) is 5.92 Å². The van der Waals surface area contributed by atoms with Gasteiger partial charge < -0.3 is 10.1 Å². The highest BCUT2D eigenvalue weighted by atomic mass is 32.2. The second-order valence-electron chi connectivity index (χ2n) is 6.67. The molecule has 0 radical (unpaired) electrons. The van der Waals surface area contributed by atoms with Crippen LogP contribution in [-0.2, 0) is 10.0 Å². The van der Waals surface area contributed by atoms with Crippen molar-refractivity contribution in [3.8, 4) is 5.75 Å². The largest absolute Gasteiger partial charge is 0.496 e. The number of methoxy groups -OCH3 is 1. The Labute approximate surface area is 173 Å². The number of hydrogen-bond acceptors (Lipinski definition) is 8. The molecule has 28 heavy (non-hydrogen) atoms. The van der Waals surface area contributed by atoms with Crippen molar-refractivity contribution >= 4 is 44.2 Å². The third kappa shape index (κ3) is 6.08. The van der Waals surface area contributed by atoms with Crippen LogP contribution in [0.4, 0.5) is 5.13 Å². The Morgan fingerprint density at radius 3 is 2.57 bits per heavy atom. The molecule has 2 aromatic rings. The highest BCUT2D eigenvalue weighted by Crippen LogP contribution is 2.29. The monoisotopic (exact) mass is 444 g/mol. The number of aromatic nitrogens is 2. The molecular weight excluding hydrogens is 420 g/mol. The summed E-state index contributed by atoms with van der Waals surface area (Å²) in [5, 5.41) is 10.8. The molecule has 1 aromatic carbocycles. The third-order valence-electron chi connectivity index (χ3n) is 3.31. The summed E-state index contributed by atoms with van der Waals surface area (Å²) in [7, 11) is -2.51. The minimum atomic E-state index is -3.93. The van der Waals surface area contributed by atoms with Gasteiger partial charge in [-0.05, 0) is 38.0 Å². The van der Waals surface area contributed by atoms with Gasteiger partial charge in [0.25, 0.3) is 15.9 Å². The first-order valence-electron chi connectivity index (χ1n) is 8.60. The van der Waals surface area contributed by atoms with Crippen LogP contribution >= 0.6 is 23.1 Å². The minimum absolute atomic E-state index is 0.0613. The number of nitrogens with one attached hydrogen (secondary N) is 2. The molecule has 154 valence electrons. The Hall–Kier alpha value is -1.85. The van der Waals surface area contributed by atoms with Gasteiger partial charge in [0, 0.05) is 11.8 Å². The topological polar surface area (TPSA) is 110 Å². The van der Waals surface area contributed by atoms with E-state index in [0.29, 0.717) is 16.0 Å². The van der Waals surface area contributed by atoms with Crippen molar-refractivity contribution in [3.63, 3.8) is 0 Å². The van der Waals surface area contributed by atoms with E-state index in [4.69, 9.17) is 4.74 Å².